The van der Waals surface area contributed by atoms with E-state index >= 15 is 0 Å². The van der Waals surface area contributed by atoms with Crippen molar-refractivity contribution >= 4 is 22.5 Å². The molecule has 210 valence electrons. The molecule has 1 amide bonds. The van der Waals surface area contributed by atoms with E-state index in [1.807, 2.05) is 30.3 Å². The molecule has 0 spiro atoms. The summed E-state index contributed by atoms with van der Waals surface area (Å²) in [6.45, 7) is 2.11. The average molecular weight is 556 g/mol. The lowest BCUT2D eigenvalue weighted by molar-refractivity contribution is -0.119. The van der Waals surface area contributed by atoms with Gasteiger partial charge in [0.15, 0.2) is 5.65 Å². The van der Waals surface area contributed by atoms with Crippen molar-refractivity contribution in [1.82, 2.24) is 24.9 Å². The number of hydrogen-bond donors (Lipinski definition) is 2. The van der Waals surface area contributed by atoms with E-state index in [0.29, 0.717) is 11.6 Å². The molecule has 5 aromatic rings. The second kappa shape index (κ2) is 11.5. The Labute approximate surface area is 244 Å². The number of nitrogens with one attached hydrogen (secondary N) is 2. The summed E-state index contributed by atoms with van der Waals surface area (Å²) in [5.41, 5.74) is 5.55. The number of nitrogens with zero attached hydrogens (tertiary/aromatic N) is 3. The van der Waals surface area contributed by atoms with Gasteiger partial charge in [0.1, 0.15) is 0 Å². The molecule has 1 fully saturated rings. The Hall–Kier alpha value is -4.96. The Morgan fingerprint density at radius 1 is 1.14 bits per heavy atom. The van der Waals surface area contributed by atoms with Crippen LogP contribution in [0.4, 0.5) is 0 Å². The highest BCUT2D eigenvalue weighted by Crippen LogP contribution is 2.42. The predicted molar refractivity (Wildman–Crippen MR) is 167 cm³/mol. The van der Waals surface area contributed by atoms with Crippen molar-refractivity contribution in [3.63, 3.8) is 0 Å². The van der Waals surface area contributed by atoms with E-state index in [0.717, 1.165) is 77.4 Å². The monoisotopic (exact) mass is 555 g/mol. The van der Waals surface area contributed by atoms with Gasteiger partial charge in [0, 0.05) is 29.1 Å². The minimum Gasteiger partial charge on any atom is -0.343 e. The smallest absolute Gasteiger partial charge is 0.343 e. The summed E-state index contributed by atoms with van der Waals surface area (Å²) in [4.78, 5) is 30.1. The van der Waals surface area contributed by atoms with Crippen molar-refractivity contribution in [3.8, 4) is 34.7 Å². The van der Waals surface area contributed by atoms with E-state index in [4.69, 9.17) is 11.4 Å². The fourth-order valence-corrected chi connectivity index (χ4v) is 5.78. The molecular formula is C35H33N5O2. The number of allylic oxidation sites excluding steroid dienone is 1. The Morgan fingerprint density at radius 2 is 1.93 bits per heavy atom. The van der Waals surface area contributed by atoms with Gasteiger partial charge in [0.25, 0.3) is 0 Å². The maximum absolute atomic E-state index is 12.9. The van der Waals surface area contributed by atoms with Crippen molar-refractivity contribution in [3.05, 3.63) is 101 Å². The lowest BCUT2D eigenvalue weighted by Crippen LogP contribution is -2.50. The highest BCUT2D eigenvalue weighted by molar-refractivity contribution is 5.98. The first kappa shape index (κ1) is 27.2. The average Bonchev–Trinajstić information content (AvgIpc) is 3.39. The Kier molecular flexibility index (Phi) is 7.45. The first-order chi connectivity index (χ1) is 20.5. The van der Waals surface area contributed by atoms with Crippen molar-refractivity contribution in [2.75, 3.05) is 0 Å². The van der Waals surface area contributed by atoms with E-state index in [9.17, 15) is 9.59 Å². The molecule has 3 aromatic heterocycles. The number of H-pyrrole nitrogens is 1. The van der Waals surface area contributed by atoms with Crippen LogP contribution in [0, 0.1) is 18.3 Å². The molecule has 1 saturated carbocycles. The molecule has 1 aliphatic rings. The third-order valence-corrected chi connectivity index (χ3v) is 8.30. The van der Waals surface area contributed by atoms with Crippen LogP contribution in [0.1, 0.15) is 51.0 Å². The number of hydrogen-bond acceptors (Lipinski definition) is 4. The van der Waals surface area contributed by atoms with Crippen LogP contribution in [-0.4, -0.2) is 25.5 Å². The first-order valence-electron chi connectivity index (χ1n) is 14.5. The molecule has 1 unspecified atom stereocenters. The van der Waals surface area contributed by atoms with Gasteiger partial charge in [-0.2, -0.15) is 5.10 Å². The van der Waals surface area contributed by atoms with Gasteiger partial charge in [0.05, 0.1) is 16.7 Å². The van der Waals surface area contributed by atoms with Crippen LogP contribution in [0.15, 0.2) is 89.9 Å². The van der Waals surface area contributed by atoms with Gasteiger partial charge < -0.3 is 5.32 Å². The zero-order valence-electron chi connectivity index (χ0n) is 23.6. The van der Waals surface area contributed by atoms with Crippen LogP contribution in [0.2, 0.25) is 0 Å². The maximum Gasteiger partial charge on any atom is 0.347 e. The molecule has 0 bridgehead atoms. The Balaban J connectivity index is 1.31. The standard InChI is InChI=1S/C35H33N5O2/c1-3-4-6-10-24(2)13-18-31(41)37-35(20-9-21-35)27-16-14-26(15-17-27)32-28(25-11-7-5-8-12-25)23-29-30(36-32)19-22-40-33(29)38-39-34(40)42/h1,5,7-8,11-19,22-24H,4,6,9-10,20-21H2,2H3,(H,37,41)(H,39,42)/b18-13+. The van der Waals surface area contributed by atoms with Crippen LogP contribution in [0.3, 0.4) is 0 Å². The molecule has 3 heterocycles. The summed E-state index contributed by atoms with van der Waals surface area (Å²) < 4.78 is 1.49. The highest BCUT2D eigenvalue weighted by atomic mass is 16.2. The predicted octanol–water partition coefficient (Wildman–Crippen LogP) is 6.40. The zero-order chi connectivity index (χ0) is 29.1. The summed E-state index contributed by atoms with van der Waals surface area (Å²) >= 11 is 0. The van der Waals surface area contributed by atoms with Crippen molar-refractivity contribution in [2.45, 2.75) is 51.0 Å². The molecule has 2 aromatic carbocycles. The minimum absolute atomic E-state index is 0.0612. The summed E-state index contributed by atoms with van der Waals surface area (Å²) in [5.74, 6) is 2.91. The second-order valence-corrected chi connectivity index (χ2v) is 11.2. The SMILES string of the molecule is C#CCCCC(C)/C=C/C(=O)NC1(c2ccc(-c3nc4ccn5c(=O)[nH]nc5c4cc3-c3ccccc3)cc2)CCC1. The maximum atomic E-state index is 12.9. The van der Waals surface area contributed by atoms with E-state index in [-0.39, 0.29) is 17.1 Å². The second-order valence-electron chi connectivity index (χ2n) is 11.2. The molecular weight excluding hydrogens is 522 g/mol. The van der Waals surface area contributed by atoms with E-state index < -0.39 is 0 Å². The van der Waals surface area contributed by atoms with Crippen LogP contribution in [0.5, 0.6) is 0 Å². The number of terminal acetylenes is 1. The number of amides is 1. The number of rotatable bonds is 9. The molecule has 6 rings (SSSR count). The van der Waals surface area contributed by atoms with Crippen LogP contribution < -0.4 is 11.0 Å². The number of aromatic amines is 1. The number of pyridine rings is 2. The fourth-order valence-electron chi connectivity index (χ4n) is 5.78. The van der Waals surface area contributed by atoms with Gasteiger partial charge in [0.2, 0.25) is 5.91 Å². The lowest BCUT2D eigenvalue weighted by atomic mass is 9.71. The molecule has 0 radical (unpaired) electrons. The number of unbranched alkanes of at least 4 members (excludes halogenated alkanes) is 1. The molecule has 2 N–H and O–H groups in total. The van der Waals surface area contributed by atoms with Gasteiger partial charge in [-0.15, -0.1) is 12.3 Å². The van der Waals surface area contributed by atoms with Crippen LogP contribution in [0.25, 0.3) is 38.9 Å². The molecule has 0 aliphatic heterocycles. The van der Waals surface area contributed by atoms with Gasteiger partial charge in [-0.1, -0.05) is 67.6 Å². The first-order valence-corrected chi connectivity index (χ1v) is 14.5. The van der Waals surface area contributed by atoms with Crippen molar-refractivity contribution < 1.29 is 4.79 Å². The van der Waals surface area contributed by atoms with Gasteiger partial charge in [-0.3, -0.25) is 4.79 Å². The highest BCUT2D eigenvalue weighted by Gasteiger charge is 2.39. The third-order valence-electron chi connectivity index (χ3n) is 8.30. The number of carbonyl (C=O) groups is 1. The topological polar surface area (TPSA) is 92.2 Å². The van der Waals surface area contributed by atoms with Crippen molar-refractivity contribution in [1.29, 1.82) is 0 Å². The Morgan fingerprint density at radius 3 is 2.64 bits per heavy atom. The minimum atomic E-state index is -0.357. The summed E-state index contributed by atoms with van der Waals surface area (Å²) in [7, 11) is 0. The van der Waals surface area contributed by atoms with E-state index in [1.54, 1.807) is 12.3 Å². The third kappa shape index (κ3) is 5.24. The quantitative estimate of drug-likeness (QED) is 0.125. The van der Waals surface area contributed by atoms with Crippen molar-refractivity contribution in [2.24, 2.45) is 5.92 Å². The van der Waals surface area contributed by atoms with E-state index in [1.165, 1.54) is 4.40 Å². The number of fused-ring (bicyclic) bond motifs is 3. The van der Waals surface area contributed by atoms with Crippen LogP contribution in [-0.2, 0) is 10.3 Å². The number of carbonyl (C=O) groups excluding carboxylic acids is 1. The molecule has 42 heavy (non-hydrogen) atoms. The molecule has 1 atom stereocenters. The van der Waals surface area contributed by atoms with E-state index in [2.05, 4.69) is 70.8 Å². The largest absolute Gasteiger partial charge is 0.347 e. The number of benzene rings is 2. The lowest BCUT2D eigenvalue weighted by Gasteiger charge is -2.43. The zero-order valence-corrected chi connectivity index (χ0v) is 23.6. The van der Waals surface area contributed by atoms with Gasteiger partial charge >= 0.3 is 5.69 Å². The fraction of sp³-hybridized carbons (Fsp3) is 0.257. The summed E-state index contributed by atoms with van der Waals surface area (Å²) in [5, 5.41) is 10.9. The van der Waals surface area contributed by atoms with Crippen LogP contribution >= 0.6 is 0 Å². The number of aromatic nitrogens is 4. The molecule has 7 heteroatoms. The summed E-state index contributed by atoms with van der Waals surface area (Å²) in [6, 6.07) is 22.4. The van der Waals surface area contributed by atoms with Gasteiger partial charge in [-0.05, 0) is 67.4 Å². The molecule has 0 saturated heterocycles. The molecule has 1 aliphatic carbocycles. The normalized spacial score (nSPS) is 15.0. The summed E-state index contributed by atoms with van der Waals surface area (Å²) in [6.07, 6.45) is 16.3. The Bertz CT molecular complexity index is 1870. The van der Waals surface area contributed by atoms with Gasteiger partial charge in [-0.25, -0.2) is 19.3 Å². The molecule has 7 nitrogen and oxygen atoms in total.